The van der Waals surface area contributed by atoms with E-state index in [0.29, 0.717) is 12.5 Å². The van der Waals surface area contributed by atoms with Crippen molar-refractivity contribution in [2.75, 3.05) is 19.6 Å². The molecule has 1 aromatic carbocycles. The number of carboxylic acid groups (broad SMARTS) is 1. The van der Waals surface area contributed by atoms with E-state index < -0.39 is 17.9 Å². The van der Waals surface area contributed by atoms with E-state index in [2.05, 4.69) is 16.6 Å². The molecule has 30 heavy (non-hydrogen) atoms. The third-order valence-corrected chi connectivity index (χ3v) is 5.61. The molecular formula is C23H27N3O4. The molecule has 3 N–H and O–H groups in total. The number of rotatable bonds is 6. The number of terminal acetylenes is 1. The largest absolute Gasteiger partial charge is 0.481 e. The fourth-order valence-corrected chi connectivity index (χ4v) is 3.96. The van der Waals surface area contributed by atoms with E-state index in [0.717, 1.165) is 37.1 Å². The van der Waals surface area contributed by atoms with E-state index in [1.54, 1.807) is 11.0 Å². The Labute approximate surface area is 176 Å². The highest BCUT2D eigenvalue weighted by Crippen LogP contribution is 2.29. The van der Waals surface area contributed by atoms with Gasteiger partial charge in [0.25, 0.3) is 0 Å². The van der Waals surface area contributed by atoms with Gasteiger partial charge in [0.15, 0.2) is 0 Å². The second kappa shape index (κ2) is 10.1. The fraction of sp³-hybridized carbons (Fsp3) is 0.435. The number of fused-ring (bicyclic) bond motifs is 1. The van der Waals surface area contributed by atoms with Crippen molar-refractivity contribution in [3.05, 3.63) is 47.5 Å². The van der Waals surface area contributed by atoms with Crippen molar-refractivity contribution in [2.45, 2.75) is 37.8 Å². The number of carboxylic acids is 1. The number of nitrogens with zero attached hydrogens (tertiary/aromatic N) is 1. The van der Waals surface area contributed by atoms with Crippen molar-refractivity contribution < 1.29 is 19.5 Å². The maximum Gasteiger partial charge on any atom is 0.306 e. The molecule has 0 aliphatic carbocycles. The molecule has 2 amide bonds. The van der Waals surface area contributed by atoms with Crippen LogP contribution in [-0.4, -0.2) is 53.5 Å². The van der Waals surface area contributed by atoms with Crippen LogP contribution in [0.1, 0.15) is 36.3 Å². The number of piperidine rings is 1. The van der Waals surface area contributed by atoms with E-state index >= 15 is 0 Å². The minimum absolute atomic E-state index is 0.125. The van der Waals surface area contributed by atoms with Crippen LogP contribution in [0.25, 0.3) is 0 Å². The van der Waals surface area contributed by atoms with Gasteiger partial charge in [0.1, 0.15) is 6.04 Å². The maximum absolute atomic E-state index is 12.9. The summed E-state index contributed by atoms with van der Waals surface area (Å²) in [6, 6.07) is 6.61. The number of benzene rings is 1. The number of hydrogen-bond donors (Lipinski definition) is 3. The van der Waals surface area contributed by atoms with Gasteiger partial charge in [0.05, 0.1) is 12.3 Å². The Morgan fingerprint density at radius 3 is 2.73 bits per heavy atom. The van der Waals surface area contributed by atoms with Gasteiger partial charge < -0.3 is 20.6 Å². The normalized spacial score (nSPS) is 20.2. The van der Waals surface area contributed by atoms with Gasteiger partial charge in [0, 0.05) is 13.1 Å². The van der Waals surface area contributed by atoms with E-state index in [9.17, 15) is 14.4 Å². The first-order valence-electron chi connectivity index (χ1n) is 10.2. The highest BCUT2D eigenvalue weighted by atomic mass is 16.4. The lowest BCUT2D eigenvalue weighted by atomic mass is 9.88. The second-order valence-electron chi connectivity index (χ2n) is 7.74. The highest BCUT2D eigenvalue weighted by Gasteiger charge is 2.33. The molecule has 2 aliphatic rings. The van der Waals surface area contributed by atoms with Gasteiger partial charge >= 0.3 is 5.97 Å². The van der Waals surface area contributed by atoms with Crippen LogP contribution in [0.15, 0.2) is 36.4 Å². The van der Waals surface area contributed by atoms with Gasteiger partial charge in [-0.25, -0.2) is 0 Å². The summed E-state index contributed by atoms with van der Waals surface area (Å²) in [6.45, 7) is 2.57. The molecule has 0 bridgehead atoms. The zero-order chi connectivity index (χ0) is 21.5. The van der Waals surface area contributed by atoms with Crippen LogP contribution in [0.3, 0.4) is 0 Å². The smallest absolute Gasteiger partial charge is 0.306 e. The lowest BCUT2D eigenvalue weighted by Gasteiger charge is -2.34. The molecule has 0 saturated carbocycles. The molecule has 2 atom stereocenters. The summed E-state index contributed by atoms with van der Waals surface area (Å²) in [5, 5.41) is 14.9. The van der Waals surface area contributed by atoms with Crippen molar-refractivity contribution in [1.29, 1.82) is 0 Å². The van der Waals surface area contributed by atoms with Crippen LogP contribution < -0.4 is 10.6 Å². The topological polar surface area (TPSA) is 98.7 Å². The van der Waals surface area contributed by atoms with Gasteiger partial charge in [-0.2, -0.15) is 0 Å². The number of nitrogens with one attached hydrogen (secondary N) is 2. The van der Waals surface area contributed by atoms with Gasteiger partial charge in [-0.15, -0.1) is 6.42 Å². The molecule has 7 nitrogen and oxygen atoms in total. The fourth-order valence-electron chi connectivity index (χ4n) is 3.96. The minimum Gasteiger partial charge on any atom is -0.481 e. The van der Waals surface area contributed by atoms with Crippen molar-refractivity contribution in [3.8, 4) is 12.3 Å². The Morgan fingerprint density at radius 1 is 1.30 bits per heavy atom. The molecule has 2 heterocycles. The Balaban J connectivity index is 1.73. The maximum atomic E-state index is 12.9. The van der Waals surface area contributed by atoms with Crippen LogP contribution in [0.2, 0.25) is 0 Å². The van der Waals surface area contributed by atoms with Crippen LogP contribution >= 0.6 is 0 Å². The summed E-state index contributed by atoms with van der Waals surface area (Å²) in [5.74, 6) is 0.520. The summed E-state index contributed by atoms with van der Waals surface area (Å²) in [7, 11) is 0. The average molecular weight is 409 g/mol. The Hall–Kier alpha value is -3.11. The Bertz CT molecular complexity index is 867. The van der Waals surface area contributed by atoms with E-state index in [1.807, 2.05) is 30.3 Å². The molecule has 0 spiro atoms. The number of carbonyl (C=O) groups is 3. The molecule has 3 rings (SSSR count). The SMILES string of the molecule is C#C[C@H](CC(=O)O)NC(=O)C1CN(C(=O)/C=C/C2CCNCC2)Cc2ccccc21. The van der Waals surface area contributed by atoms with Crippen LogP contribution in [0, 0.1) is 18.3 Å². The zero-order valence-electron chi connectivity index (χ0n) is 16.8. The lowest BCUT2D eigenvalue weighted by molar-refractivity contribution is -0.137. The van der Waals surface area contributed by atoms with Crippen LogP contribution in [-0.2, 0) is 20.9 Å². The van der Waals surface area contributed by atoms with Crippen LogP contribution in [0.4, 0.5) is 0 Å². The van der Waals surface area contributed by atoms with Crippen LogP contribution in [0.5, 0.6) is 0 Å². The van der Waals surface area contributed by atoms with Crippen molar-refractivity contribution in [3.63, 3.8) is 0 Å². The lowest BCUT2D eigenvalue weighted by Crippen LogP contribution is -2.46. The standard InChI is InChI=1S/C23H27N3O4/c1-2-18(13-22(28)29)25-23(30)20-15-26(14-17-5-3-4-6-19(17)20)21(27)8-7-16-9-11-24-12-10-16/h1,3-8,16,18,20,24H,9-15H2,(H,25,30)(H,28,29)/b8-7+/t18-,20?/m1/s1. The summed E-state index contributed by atoms with van der Waals surface area (Å²) >= 11 is 0. The monoisotopic (exact) mass is 409 g/mol. The van der Waals surface area contributed by atoms with Gasteiger partial charge in [0.2, 0.25) is 11.8 Å². The van der Waals surface area contributed by atoms with E-state index in [-0.39, 0.29) is 24.8 Å². The average Bonchev–Trinajstić information content (AvgIpc) is 2.76. The summed E-state index contributed by atoms with van der Waals surface area (Å²) in [6.07, 6.45) is 10.6. The first kappa shape index (κ1) is 21.6. The number of amides is 2. The molecular weight excluding hydrogens is 382 g/mol. The summed E-state index contributed by atoms with van der Waals surface area (Å²) in [5.41, 5.74) is 1.75. The number of carbonyl (C=O) groups excluding carboxylic acids is 2. The first-order chi connectivity index (χ1) is 14.5. The number of hydrogen-bond acceptors (Lipinski definition) is 4. The second-order valence-corrected chi connectivity index (χ2v) is 7.74. The Kier molecular flexibility index (Phi) is 7.26. The molecule has 1 unspecified atom stereocenters. The third-order valence-electron chi connectivity index (χ3n) is 5.61. The van der Waals surface area contributed by atoms with Gasteiger partial charge in [-0.05, 0) is 49.1 Å². The first-order valence-corrected chi connectivity index (χ1v) is 10.2. The predicted molar refractivity (Wildman–Crippen MR) is 112 cm³/mol. The predicted octanol–water partition coefficient (Wildman–Crippen LogP) is 1.26. The molecule has 0 aromatic heterocycles. The number of allylic oxidation sites excluding steroid dienone is 1. The molecule has 1 fully saturated rings. The molecule has 1 saturated heterocycles. The highest BCUT2D eigenvalue weighted by molar-refractivity contribution is 5.90. The molecule has 2 aliphatic heterocycles. The van der Waals surface area contributed by atoms with Gasteiger partial charge in [-0.1, -0.05) is 36.3 Å². The summed E-state index contributed by atoms with van der Waals surface area (Å²) < 4.78 is 0. The molecule has 0 radical (unpaired) electrons. The van der Waals surface area contributed by atoms with Crippen molar-refractivity contribution in [1.82, 2.24) is 15.5 Å². The Morgan fingerprint density at radius 2 is 2.03 bits per heavy atom. The van der Waals surface area contributed by atoms with E-state index in [4.69, 9.17) is 11.5 Å². The molecule has 7 heteroatoms. The van der Waals surface area contributed by atoms with Crippen molar-refractivity contribution in [2.24, 2.45) is 5.92 Å². The van der Waals surface area contributed by atoms with E-state index in [1.165, 1.54) is 0 Å². The minimum atomic E-state index is -1.08. The molecule has 1 aromatic rings. The zero-order valence-corrected chi connectivity index (χ0v) is 16.8. The quantitative estimate of drug-likeness (QED) is 0.485. The molecule has 158 valence electrons. The van der Waals surface area contributed by atoms with Crippen molar-refractivity contribution >= 4 is 17.8 Å². The number of aliphatic carboxylic acids is 1. The summed E-state index contributed by atoms with van der Waals surface area (Å²) in [4.78, 5) is 38.4. The van der Waals surface area contributed by atoms with Gasteiger partial charge in [-0.3, -0.25) is 14.4 Å². The third kappa shape index (κ3) is 5.49.